The van der Waals surface area contributed by atoms with Crippen molar-refractivity contribution in [1.29, 1.82) is 0 Å². The molecule has 0 aliphatic heterocycles. The molecule has 0 aliphatic rings. The molecule has 0 radical (unpaired) electrons. The topological polar surface area (TPSA) is 84.2 Å². The lowest BCUT2D eigenvalue weighted by molar-refractivity contribution is -0.109. The number of halogens is 4. The predicted octanol–water partition coefficient (Wildman–Crippen LogP) is 0.183. The highest BCUT2D eigenvalue weighted by Crippen LogP contribution is 2.27. The smallest absolute Gasteiger partial charge is 0.207 e. The number of hydrogen-bond donors (Lipinski definition) is 3. The monoisotopic (exact) mass is 299 g/mol. The van der Waals surface area contributed by atoms with E-state index < -0.39 is 44.8 Å². The number of nitrogen functional groups attached to an aromatic ring is 1. The molecule has 0 aliphatic carbocycles. The zero-order valence-corrected chi connectivity index (χ0v) is 10.1. The van der Waals surface area contributed by atoms with Crippen LogP contribution in [0.25, 0.3) is 0 Å². The van der Waals surface area contributed by atoms with Crippen LogP contribution in [0.1, 0.15) is 0 Å². The maximum atomic E-state index is 13.4. The van der Waals surface area contributed by atoms with Crippen LogP contribution in [0.15, 0.2) is 4.90 Å². The van der Waals surface area contributed by atoms with E-state index in [1.54, 1.807) is 0 Å². The van der Waals surface area contributed by atoms with Crippen LogP contribution in [0.3, 0.4) is 0 Å². The van der Waals surface area contributed by atoms with Crippen molar-refractivity contribution in [3.63, 3.8) is 0 Å². The maximum Gasteiger partial charge on any atom is 0.207 e. The Morgan fingerprint density at radius 2 is 1.58 bits per heavy atom. The summed E-state index contributed by atoms with van der Waals surface area (Å²) < 4.78 is 66.5. The fourth-order valence-corrected chi connectivity index (χ4v) is 2.07. The SMILES string of the molecule is Nc1c(F)c(F)c(S(=O)NCCNC=O)c(F)c1F. The number of anilines is 1. The Labute approximate surface area is 107 Å². The molecule has 4 N–H and O–H groups in total. The predicted molar refractivity (Wildman–Crippen MR) is 59.2 cm³/mol. The van der Waals surface area contributed by atoms with Crippen molar-refractivity contribution in [3.8, 4) is 0 Å². The number of nitrogens with two attached hydrogens (primary N) is 1. The van der Waals surface area contributed by atoms with Crippen LogP contribution in [-0.4, -0.2) is 23.7 Å². The van der Waals surface area contributed by atoms with Crippen molar-refractivity contribution in [3.05, 3.63) is 23.3 Å². The first-order valence-electron chi connectivity index (χ1n) is 4.85. The molecule has 0 spiro atoms. The van der Waals surface area contributed by atoms with Crippen LogP contribution in [0.5, 0.6) is 0 Å². The molecular formula is C9H9F4N3O2S. The van der Waals surface area contributed by atoms with Crippen LogP contribution in [0, 0.1) is 23.3 Å². The Morgan fingerprint density at radius 3 is 2.05 bits per heavy atom. The minimum Gasteiger partial charge on any atom is -0.394 e. The molecule has 0 heterocycles. The Bertz CT molecular complexity index is 498. The van der Waals surface area contributed by atoms with E-state index in [1.807, 2.05) is 0 Å². The fourth-order valence-electron chi connectivity index (χ4n) is 1.14. The van der Waals surface area contributed by atoms with E-state index in [2.05, 4.69) is 10.0 Å². The number of nitrogens with one attached hydrogen (secondary N) is 2. The van der Waals surface area contributed by atoms with Crippen LogP contribution in [0.4, 0.5) is 23.2 Å². The lowest BCUT2D eigenvalue weighted by atomic mass is 10.2. The minimum absolute atomic E-state index is 0.0123. The maximum absolute atomic E-state index is 13.4. The van der Waals surface area contributed by atoms with E-state index in [0.717, 1.165) is 0 Å². The van der Waals surface area contributed by atoms with Crippen LogP contribution >= 0.6 is 0 Å². The summed E-state index contributed by atoms with van der Waals surface area (Å²) in [6.07, 6.45) is 0.355. The molecule has 1 aromatic carbocycles. The minimum atomic E-state index is -2.53. The molecule has 1 rings (SSSR count). The van der Waals surface area contributed by atoms with Gasteiger partial charge in [-0.05, 0) is 0 Å². The summed E-state index contributed by atoms with van der Waals surface area (Å²) in [5.41, 5.74) is 3.47. The van der Waals surface area contributed by atoms with Gasteiger partial charge in [0, 0.05) is 13.1 Å². The van der Waals surface area contributed by atoms with Gasteiger partial charge in [-0.2, -0.15) is 0 Å². The Morgan fingerprint density at radius 1 is 1.05 bits per heavy atom. The largest absolute Gasteiger partial charge is 0.394 e. The zero-order valence-electron chi connectivity index (χ0n) is 9.31. The van der Waals surface area contributed by atoms with E-state index in [4.69, 9.17) is 5.73 Å². The molecule has 0 saturated carbocycles. The van der Waals surface area contributed by atoms with Gasteiger partial charge < -0.3 is 11.1 Å². The molecule has 19 heavy (non-hydrogen) atoms. The molecule has 1 atom stereocenters. The Balaban J connectivity index is 3.00. The normalized spacial score (nSPS) is 12.2. The van der Waals surface area contributed by atoms with E-state index in [-0.39, 0.29) is 13.1 Å². The van der Waals surface area contributed by atoms with Gasteiger partial charge in [0.1, 0.15) is 21.6 Å². The molecule has 106 valence electrons. The Kier molecular flexibility index (Phi) is 5.24. The van der Waals surface area contributed by atoms with Crippen LogP contribution < -0.4 is 15.8 Å². The van der Waals surface area contributed by atoms with Crippen molar-refractivity contribution >= 4 is 23.1 Å². The van der Waals surface area contributed by atoms with Gasteiger partial charge in [0.2, 0.25) is 6.41 Å². The molecule has 1 unspecified atom stereocenters. The summed E-state index contributed by atoms with van der Waals surface area (Å²) in [5.74, 6) is -7.28. The quantitative estimate of drug-likeness (QED) is 0.230. The molecule has 0 saturated heterocycles. The fraction of sp³-hybridized carbons (Fsp3) is 0.222. The summed E-state index contributed by atoms with van der Waals surface area (Å²) in [6.45, 7) is -0.115. The third-order valence-electron chi connectivity index (χ3n) is 2.03. The van der Waals surface area contributed by atoms with Crippen molar-refractivity contribution in [2.24, 2.45) is 0 Å². The average Bonchev–Trinajstić information content (AvgIpc) is 2.39. The van der Waals surface area contributed by atoms with Crippen molar-refractivity contribution < 1.29 is 26.6 Å². The van der Waals surface area contributed by atoms with Gasteiger partial charge in [-0.15, -0.1) is 0 Å². The molecule has 0 aromatic heterocycles. The second kappa shape index (κ2) is 6.48. The summed E-state index contributed by atoms with van der Waals surface area (Å²) >= 11 is 0. The molecule has 0 fully saturated rings. The first-order chi connectivity index (χ1) is 8.91. The first-order valence-corrected chi connectivity index (χ1v) is 6.00. The van der Waals surface area contributed by atoms with Gasteiger partial charge >= 0.3 is 0 Å². The summed E-state index contributed by atoms with van der Waals surface area (Å²) in [5, 5.41) is 2.18. The zero-order chi connectivity index (χ0) is 14.6. The Hall–Kier alpha value is -1.68. The second-order valence-electron chi connectivity index (χ2n) is 3.23. The van der Waals surface area contributed by atoms with E-state index in [9.17, 15) is 26.6 Å². The summed E-state index contributed by atoms with van der Waals surface area (Å²) in [4.78, 5) is 8.61. The molecule has 10 heteroatoms. The van der Waals surface area contributed by atoms with E-state index >= 15 is 0 Å². The third kappa shape index (κ3) is 3.20. The van der Waals surface area contributed by atoms with Gasteiger partial charge in [0.25, 0.3) is 0 Å². The summed E-state index contributed by atoms with van der Waals surface area (Å²) in [7, 11) is -2.53. The molecule has 1 aromatic rings. The number of rotatable bonds is 6. The van der Waals surface area contributed by atoms with Gasteiger partial charge in [-0.1, -0.05) is 0 Å². The second-order valence-corrected chi connectivity index (χ2v) is 4.47. The first kappa shape index (κ1) is 15.4. The standard InChI is InChI=1S/C9H9F4N3O2S/c10-4-6(12)9(7(13)5(11)8(4)14)19(18)16-2-1-15-3-17/h3,16H,1-2,14H2,(H,15,17). The molecule has 0 bridgehead atoms. The van der Waals surface area contributed by atoms with Gasteiger partial charge in [-0.25, -0.2) is 26.5 Å². The van der Waals surface area contributed by atoms with Crippen LogP contribution in [0.2, 0.25) is 0 Å². The van der Waals surface area contributed by atoms with E-state index in [1.165, 1.54) is 0 Å². The van der Waals surface area contributed by atoms with Crippen molar-refractivity contribution in [2.45, 2.75) is 4.90 Å². The van der Waals surface area contributed by atoms with Crippen molar-refractivity contribution in [1.82, 2.24) is 10.0 Å². The average molecular weight is 299 g/mol. The number of amides is 1. The lowest BCUT2D eigenvalue weighted by Crippen LogP contribution is -2.29. The molecular weight excluding hydrogens is 290 g/mol. The highest BCUT2D eigenvalue weighted by Gasteiger charge is 2.27. The summed E-state index contributed by atoms with van der Waals surface area (Å²) in [6, 6.07) is 0. The highest BCUT2D eigenvalue weighted by atomic mass is 32.2. The number of carbonyl (C=O) groups is 1. The highest BCUT2D eigenvalue weighted by molar-refractivity contribution is 7.83. The molecule has 5 nitrogen and oxygen atoms in total. The number of hydrogen-bond acceptors (Lipinski definition) is 3. The van der Waals surface area contributed by atoms with Gasteiger partial charge in [0.05, 0.1) is 0 Å². The lowest BCUT2D eigenvalue weighted by Gasteiger charge is -2.09. The van der Waals surface area contributed by atoms with Crippen molar-refractivity contribution in [2.75, 3.05) is 18.8 Å². The number of carbonyl (C=O) groups excluding carboxylic acids is 1. The third-order valence-corrected chi connectivity index (χ3v) is 3.22. The molecule has 1 amide bonds. The van der Waals surface area contributed by atoms with Gasteiger partial charge in [-0.3, -0.25) is 4.79 Å². The van der Waals surface area contributed by atoms with Gasteiger partial charge in [0.15, 0.2) is 23.3 Å². The van der Waals surface area contributed by atoms with Crippen LogP contribution in [-0.2, 0) is 15.8 Å². The number of benzene rings is 1. The van der Waals surface area contributed by atoms with E-state index in [0.29, 0.717) is 6.41 Å².